The summed E-state index contributed by atoms with van der Waals surface area (Å²) in [7, 11) is 1.71. The van der Waals surface area contributed by atoms with E-state index in [9.17, 15) is 9.90 Å². The molecule has 0 unspecified atom stereocenters. The van der Waals surface area contributed by atoms with Gasteiger partial charge in [0.05, 0.1) is 23.7 Å². The number of rotatable bonds is 4. The molecule has 0 aliphatic carbocycles. The topological polar surface area (TPSA) is 62.7 Å². The number of benzene rings is 1. The van der Waals surface area contributed by atoms with Crippen LogP contribution < -0.4 is 4.90 Å². The Kier molecular flexibility index (Phi) is 3.75. The lowest BCUT2D eigenvalue weighted by Crippen LogP contribution is -2.32. The van der Waals surface area contributed by atoms with Crippen molar-refractivity contribution in [3.8, 4) is 0 Å². The molecule has 3 rings (SSSR count). The van der Waals surface area contributed by atoms with E-state index in [-0.39, 0.29) is 0 Å². The SMILES string of the molecule is COC[C@@H]1CCCN1c1ccc2nccc(C(=O)O)c2c1. The Morgan fingerprint density at radius 1 is 1.48 bits per heavy atom. The summed E-state index contributed by atoms with van der Waals surface area (Å²) in [5.74, 6) is -0.922. The lowest BCUT2D eigenvalue weighted by atomic mass is 10.1. The Morgan fingerprint density at radius 3 is 3.10 bits per heavy atom. The number of carboxylic acid groups (broad SMARTS) is 1. The maximum Gasteiger partial charge on any atom is 0.336 e. The van der Waals surface area contributed by atoms with E-state index in [4.69, 9.17) is 4.74 Å². The van der Waals surface area contributed by atoms with Crippen LogP contribution >= 0.6 is 0 Å². The van der Waals surface area contributed by atoms with Gasteiger partial charge in [-0.25, -0.2) is 4.79 Å². The Bertz CT molecular complexity index is 672. The third kappa shape index (κ3) is 2.56. The third-order valence-corrected chi connectivity index (χ3v) is 4.02. The number of hydrogen-bond acceptors (Lipinski definition) is 4. The van der Waals surface area contributed by atoms with Gasteiger partial charge >= 0.3 is 5.97 Å². The summed E-state index contributed by atoms with van der Waals surface area (Å²) in [6.45, 7) is 1.67. The molecule has 2 aromatic rings. The number of anilines is 1. The van der Waals surface area contributed by atoms with Gasteiger partial charge in [-0.2, -0.15) is 0 Å². The molecule has 1 aromatic heterocycles. The lowest BCUT2D eigenvalue weighted by molar-refractivity contribution is 0.0699. The predicted octanol–water partition coefficient (Wildman–Crippen LogP) is 2.55. The van der Waals surface area contributed by atoms with Crippen LogP contribution in [0.25, 0.3) is 10.9 Å². The molecule has 1 aliphatic rings. The fourth-order valence-electron chi connectivity index (χ4n) is 3.04. The molecule has 0 saturated carbocycles. The van der Waals surface area contributed by atoms with E-state index in [1.807, 2.05) is 18.2 Å². The summed E-state index contributed by atoms with van der Waals surface area (Å²) in [4.78, 5) is 17.9. The zero-order valence-electron chi connectivity index (χ0n) is 12.0. The minimum absolute atomic E-state index is 0.296. The first-order chi connectivity index (χ1) is 10.2. The maximum absolute atomic E-state index is 11.4. The fourth-order valence-corrected chi connectivity index (χ4v) is 3.04. The first kappa shape index (κ1) is 13.8. The smallest absolute Gasteiger partial charge is 0.336 e. The molecular formula is C16H18N2O3. The van der Waals surface area contributed by atoms with Crippen molar-refractivity contribution in [1.82, 2.24) is 4.98 Å². The van der Waals surface area contributed by atoms with Gasteiger partial charge in [0.2, 0.25) is 0 Å². The quantitative estimate of drug-likeness (QED) is 0.936. The molecule has 0 radical (unpaired) electrons. The van der Waals surface area contributed by atoms with E-state index < -0.39 is 5.97 Å². The summed E-state index contributed by atoms with van der Waals surface area (Å²) in [6, 6.07) is 7.73. The van der Waals surface area contributed by atoms with Crippen LogP contribution in [0.1, 0.15) is 23.2 Å². The van der Waals surface area contributed by atoms with Crippen molar-refractivity contribution in [3.63, 3.8) is 0 Å². The summed E-state index contributed by atoms with van der Waals surface area (Å²) in [6.07, 6.45) is 3.77. The summed E-state index contributed by atoms with van der Waals surface area (Å²) >= 11 is 0. The van der Waals surface area contributed by atoms with Crippen molar-refractivity contribution in [3.05, 3.63) is 36.0 Å². The lowest BCUT2D eigenvalue weighted by Gasteiger charge is -2.26. The van der Waals surface area contributed by atoms with Gasteiger partial charge in [0.1, 0.15) is 0 Å². The first-order valence-electron chi connectivity index (χ1n) is 7.08. The van der Waals surface area contributed by atoms with Crippen LogP contribution in [0.3, 0.4) is 0 Å². The zero-order valence-corrected chi connectivity index (χ0v) is 12.0. The Morgan fingerprint density at radius 2 is 2.33 bits per heavy atom. The van der Waals surface area contributed by atoms with E-state index in [1.165, 1.54) is 6.20 Å². The van der Waals surface area contributed by atoms with Crippen LogP contribution in [0.2, 0.25) is 0 Å². The van der Waals surface area contributed by atoms with Crippen LogP contribution in [0.5, 0.6) is 0 Å². The number of aromatic carboxylic acids is 1. The van der Waals surface area contributed by atoms with E-state index in [2.05, 4.69) is 9.88 Å². The molecule has 1 fully saturated rings. The molecule has 1 saturated heterocycles. The second-order valence-electron chi connectivity index (χ2n) is 5.31. The first-order valence-corrected chi connectivity index (χ1v) is 7.08. The molecule has 110 valence electrons. The van der Waals surface area contributed by atoms with Crippen molar-refractivity contribution >= 4 is 22.6 Å². The molecule has 2 heterocycles. The van der Waals surface area contributed by atoms with Gasteiger partial charge in [0.25, 0.3) is 0 Å². The maximum atomic E-state index is 11.4. The number of carboxylic acids is 1. The molecule has 1 atom stereocenters. The average molecular weight is 286 g/mol. The normalized spacial score (nSPS) is 18.3. The minimum atomic E-state index is -0.922. The zero-order chi connectivity index (χ0) is 14.8. The Hall–Kier alpha value is -2.14. The van der Waals surface area contributed by atoms with Gasteiger partial charge in [0.15, 0.2) is 0 Å². The standard InChI is InChI=1S/C16H18N2O3/c1-21-10-12-3-2-8-18(12)11-4-5-15-14(9-11)13(16(19)20)6-7-17-15/h4-7,9,12H,2-3,8,10H2,1H3,(H,19,20)/t12-/m0/s1. The molecule has 1 aromatic carbocycles. The number of aromatic nitrogens is 1. The van der Waals surface area contributed by atoms with Crippen LogP contribution in [0, 0.1) is 0 Å². The summed E-state index contributed by atoms with van der Waals surface area (Å²) in [5.41, 5.74) is 2.04. The number of carbonyl (C=O) groups is 1. The van der Waals surface area contributed by atoms with Crippen molar-refractivity contribution < 1.29 is 14.6 Å². The molecular weight excluding hydrogens is 268 g/mol. The van der Waals surface area contributed by atoms with Gasteiger partial charge in [-0.05, 0) is 37.1 Å². The van der Waals surface area contributed by atoms with Crippen LogP contribution in [0.4, 0.5) is 5.69 Å². The number of fused-ring (bicyclic) bond motifs is 1. The predicted molar refractivity (Wildman–Crippen MR) is 80.9 cm³/mol. The molecule has 5 nitrogen and oxygen atoms in total. The van der Waals surface area contributed by atoms with Gasteiger partial charge in [-0.15, -0.1) is 0 Å². The largest absolute Gasteiger partial charge is 0.478 e. The summed E-state index contributed by atoms with van der Waals surface area (Å²) in [5, 5.41) is 10.00. The van der Waals surface area contributed by atoms with Gasteiger partial charge in [-0.1, -0.05) is 0 Å². The van der Waals surface area contributed by atoms with E-state index in [0.29, 0.717) is 29.1 Å². The van der Waals surface area contributed by atoms with Crippen LogP contribution in [0.15, 0.2) is 30.5 Å². The second-order valence-corrected chi connectivity index (χ2v) is 5.31. The highest BCUT2D eigenvalue weighted by molar-refractivity contribution is 6.03. The second kappa shape index (κ2) is 5.69. The molecule has 0 bridgehead atoms. The molecule has 5 heteroatoms. The molecule has 0 amide bonds. The van der Waals surface area contributed by atoms with E-state index in [0.717, 1.165) is 25.1 Å². The monoisotopic (exact) mass is 286 g/mol. The highest BCUT2D eigenvalue weighted by Gasteiger charge is 2.25. The molecule has 1 N–H and O–H groups in total. The van der Waals surface area contributed by atoms with Crippen LogP contribution in [-0.4, -0.2) is 42.4 Å². The van der Waals surface area contributed by atoms with E-state index >= 15 is 0 Å². The summed E-state index contributed by atoms with van der Waals surface area (Å²) < 4.78 is 5.28. The molecule has 0 spiro atoms. The van der Waals surface area contributed by atoms with Gasteiger partial charge in [0, 0.05) is 30.9 Å². The third-order valence-electron chi connectivity index (χ3n) is 4.02. The number of nitrogens with zero attached hydrogens (tertiary/aromatic N) is 2. The molecule has 21 heavy (non-hydrogen) atoms. The van der Waals surface area contributed by atoms with Crippen molar-refractivity contribution in [2.75, 3.05) is 25.2 Å². The Balaban J connectivity index is 2.04. The number of hydrogen-bond donors (Lipinski definition) is 1. The van der Waals surface area contributed by atoms with Crippen molar-refractivity contribution in [2.45, 2.75) is 18.9 Å². The fraction of sp³-hybridized carbons (Fsp3) is 0.375. The van der Waals surface area contributed by atoms with Gasteiger partial charge in [-0.3, -0.25) is 4.98 Å². The highest BCUT2D eigenvalue weighted by Crippen LogP contribution is 2.29. The number of methoxy groups -OCH3 is 1. The highest BCUT2D eigenvalue weighted by atomic mass is 16.5. The molecule has 1 aliphatic heterocycles. The van der Waals surface area contributed by atoms with Crippen LogP contribution in [-0.2, 0) is 4.74 Å². The van der Waals surface area contributed by atoms with Gasteiger partial charge < -0.3 is 14.7 Å². The van der Waals surface area contributed by atoms with E-state index in [1.54, 1.807) is 13.2 Å². The number of pyridine rings is 1. The minimum Gasteiger partial charge on any atom is -0.478 e. The van der Waals surface area contributed by atoms with Crippen molar-refractivity contribution in [1.29, 1.82) is 0 Å². The Labute approximate surface area is 123 Å². The average Bonchev–Trinajstić information content (AvgIpc) is 2.94. The number of ether oxygens (including phenoxy) is 1. The van der Waals surface area contributed by atoms with Crippen molar-refractivity contribution in [2.24, 2.45) is 0 Å².